The van der Waals surface area contributed by atoms with Gasteiger partial charge in [-0.25, -0.2) is 0 Å². The lowest BCUT2D eigenvalue weighted by Gasteiger charge is -2.08. The lowest BCUT2D eigenvalue weighted by atomic mass is 10.1. The predicted octanol–water partition coefficient (Wildman–Crippen LogP) is 5.32. The van der Waals surface area contributed by atoms with Crippen LogP contribution in [0.15, 0.2) is 40.9 Å². The molecule has 0 fully saturated rings. The first-order valence-corrected chi connectivity index (χ1v) is 7.05. The second-order valence-corrected chi connectivity index (χ2v) is 5.74. The lowest BCUT2D eigenvalue weighted by molar-refractivity contribution is 0.102. The standard InChI is InChI=1S/C14H10BrCl2NO/c1-8-2-4-11(15)10(6-8)14(19)18-9-3-5-12(16)13(17)7-9/h2-7H,1H3,(H,18,19). The highest BCUT2D eigenvalue weighted by Crippen LogP contribution is 2.26. The van der Waals surface area contributed by atoms with E-state index >= 15 is 0 Å². The van der Waals surface area contributed by atoms with Gasteiger partial charge in [0.1, 0.15) is 0 Å². The van der Waals surface area contributed by atoms with E-state index in [0.29, 0.717) is 21.3 Å². The number of nitrogens with one attached hydrogen (secondary N) is 1. The Bertz CT molecular complexity index is 643. The van der Waals surface area contributed by atoms with Crippen LogP contribution >= 0.6 is 39.1 Å². The monoisotopic (exact) mass is 357 g/mol. The summed E-state index contributed by atoms with van der Waals surface area (Å²) in [5, 5.41) is 3.64. The summed E-state index contributed by atoms with van der Waals surface area (Å²) < 4.78 is 0.746. The fourth-order valence-electron chi connectivity index (χ4n) is 1.59. The van der Waals surface area contributed by atoms with Gasteiger partial charge in [-0.2, -0.15) is 0 Å². The van der Waals surface area contributed by atoms with Crippen molar-refractivity contribution in [2.24, 2.45) is 0 Å². The molecule has 0 heterocycles. The molecule has 2 rings (SSSR count). The molecule has 0 aliphatic rings. The molecule has 1 amide bonds. The molecule has 5 heteroatoms. The maximum absolute atomic E-state index is 12.2. The van der Waals surface area contributed by atoms with Gasteiger partial charge >= 0.3 is 0 Å². The van der Waals surface area contributed by atoms with Crippen LogP contribution in [-0.2, 0) is 0 Å². The maximum atomic E-state index is 12.2. The summed E-state index contributed by atoms with van der Waals surface area (Å²) in [6.07, 6.45) is 0. The largest absolute Gasteiger partial charge is 0.322 e. The highest BCUT2D eigenvalue weighted by molar-refractivity contribution is 9.10. The van der Waals surface area contributed by atoms with Crippen molar-refractivity contribution in [1.29, 1.82) is 0 Å². The maximum Gasteiger partial charge on any atom is 0.256 e. The molecule has 1 N–H and O–H groups in total. The number of benzene rings is 2. The number of carbonyl (C=O) groups is 1. The summed E-state index contributed by atoms with van der Waals surface area (Å²) in [6.45, 7) is 1.93. The van der Waals surface area contributed by atoms with E-state index in [0.717, 1.165) is 10.0 Å². The summed E-state index contributed by atoms with van der Waals surface area (Å²) >= 11 is 15.1. The first-order chi connectivity index (χ1) is 8.97. The van der Waals surface area contributed by atoms with Gasteiger partial charge in [-0.1, -0.05) is 34.8 Å². The molecule has 0 aliphatic carbocycles. The average molecular weight is 359 g/mol. The van der Waals surface area contributed by atoms with Gasteiger partial charge in [0.15, 0.2) is 0 Å². The van der Waals surface area contributed by atoms with Gasteiger partial charge in [-0.15, -0.1) is 0 Å². The summed E-state index contributed by atoms with van der Waals surface area (Å²) in [7, 11) is 0. The van der Waals surface area contributed by atoms with Crippen LogP contribution in [0.4, 0.5) is 5.69 Å². The fraction of sp³-hybridized carbons (Fsp3) is 0.0714. The Morgan fingerprint density at radius 3 is 2.53 bits per heavy atom. The van der Waals surface area contributed by atoms with E-state index in [1.807, 2.05) is 25.1 Å². The summed E-state index contributed by atoms with van der Waals surface area (Å²) in [6, 6.07) is 10.6. The predicted molar refractivity (Wildman–Crippen MR) is 83.3 cm³/mol. The van der Waals surface area contributed by atoms with Crippen LogP contribution in [0.2, 0.25) is 10.0 Å². The first kappa shape index (κ1) is 14.4. The Kier molecular flexibility index (Phi) is 4.50. The molecule has 0 saturated carbocycles. The number of hydrogen-bond acceptors (Lipinski definition) is 1. The van der Waals surface area contributed by atoms with Crippen molar-refractivity contribution in [1.82, 2.24) is 0 Å². The Morgan fingerprint density at radius 2 is 1.84 bits per heavy atom. The van der Waals surface area contributed by atoms with Crippen molar-refractivity contribution < 1.29 is 4.79 Å². The highest BCUT2D eigenvalue weighted by Gasteiger charge is 2.11. The fourth-order valence-corrected chi connectivity index (χ4v) is 2.31. The smallest absolute Gasteiger partial charge is 0.256 e. The number of hydrogen-bond donors (Lipinski definition) is 1. The van der Waals surface area contributed by atoms with Gasteiger partial charge in [0.2, 0.25) is 0 Å². The molecule has 98 valence electrons. The average Bonchev–Trinajstić information content (AvgIpc) is 2.36. The molecule has 0 unspecified atom stereocenters. The van der Waals surface area contributed by atoms with Gasteiger partial charge in [0, 0.05) is 10.2 Å². The number of amides is 1. The van der Waals surface area contributed by atoms with Crippen LogP contribution in [0.1, 0.15) is 15.9 Å². The lowest BCUT2D eigenvalue weighted by Crippen LogP contribution is -2.12. The summed E-state index contributed by atoms with van der Waals surface area (Å²) in [5.41, 5.74) is 2.20. The molecule has 0 saturated heterocycles. The van der Waals surface area contributed by atoms with Gasteiger partial charge in [0.05, 0.1) is 15.6 Å². The number of aryl methyl sites for hydroxylation is 1. The van der Waals surface area contributed by atoms with E-state index in [-0.39, 0.29) is 5.91 Å². The van der Waals surface area contributed by atoms with Gasteiger partial charge in [-0.05, 0) is 53.2 Å². The minimum Gasteiger partial charge on any atom is -0.322 e. The van der Waals surface area contributed by atoms with Crippen LogP contribution in [-0.4, -0.2) is 5.91 Å². The topological polar surface area (TPSA) is 29.1 Å². The Balaban J connectivity index is 2.25. The van der Waals surface area contributed by atoms with Gasteiger partial charge in [-0.3, -0.25) is 4.79 Å². The van der Waals surface area contributed by atoms with E-state index in [4.69, 9.17) is 23.2 Å². The molecular weight excluding hydrogens is 349 g/mol. The quantitative estimate of drug-likeness (QED) is 0.773. The normalized spacial score (nSPS) is 10.3. The molecule has 2 aromatic carbocycles. The minimum absolute atomic E-state index is 0.200. The van der Waals surface area contributed by atoms with E-state index in [2.05, 4.69) is 21.2 Å². The number of anilines is 1. The van der Waals surface area contributed by atoms with Crippen molar-refractivity contribution in [3.63, 3.8) is 0 Å². The van der Waals surface area contributed by atoms with Crippen molar-refractivity contribution in [2.45, 2.75) is 6.92 Å². The van der Waals surface area contributed by atoms with E-state index < -0.39 is 0 Å². The molecule has 2 nitrogen and oxygen atoms in total. The van der Waals surface area contributed by atoms with Crippen LogP contribution in [0.3, 0.4) is 0 Å². The van der Waals surface area contributed by atoms with E-state index in [1.54, 1.807) is 18.2 Å². The molecular formula is C14H10BrCl2NO. The Morgan fingerprint density at radius 1 is 1.11 bits per heavy atom. The van der Waals surface area contributed by atoms with Crippen LogP contribution in [0.25, 0.3) is 0 Å². The molecule has 0 spiro atoms. The molecule has 2 aromatic rings. The third-order valence-electron chi connectivity index (χ3n) is 2.54. The van der Waals surface area contributed by atoms with E-state index in [9.17, 15) is 4.79 Å². The first-order valence-electron chi connectivity index (χ1n) is 5.50. The minimum atomic E-state index is -0.200. The molecule has 0 aliphatic heterocycles. The third-order valence-corrected chi connectivity index (χ3v) is 3.97. The second kappa shape index (κ2) is 5.95. The summed E-state index contributed by atoms with van der Waals surface area (Å²) in [4.78, 5) is 12.2. The van der Waals surface area contributed by atoms with Crippen molar-refractivity contribution in [2.75, 3.05) is 5.32 Å². The van der Waals surface area contributed by atoms with Crippen LogP contribution < -0.4 is 5.32 Å². The molecule has 0 aromatic heterocycles. The highest BCUT2D eigenvalue weighted by atomic mass is 79.9. The SMILES string of the molecule is Cc1ccc(Br)c(C(=O)Nc2ccc(Cl)c(Cl)c2)c1. The molecule has 19 heavy (non-hydrogen) atoms. The number of rotatable bonds is 2. The summed E-state index contributed by atoms with van der Waals surface area (Å²) in [5.74, 6) is -0.200. The van der Waals surface area contributed by atoms with Crippen LogP contribution in [0.5, 0.6) is 0 Å². The van der Waals surface area contributed by atoms with E-state index in [1.165, 1.54) is 0 Å². The zero-order valence-corrected chi connectivity index (χ0v) is 13.1. The molecule has 0 bridgehead atoms. The van der Waals surface area contributed by atoms with Gasteiger partial charge < -0.3 is 5.32 Å². The second-order valence-electron chi connectivity index (χ2n) is 4.07. The molecule has 0 atom stereocenters. The molecule has 0 radical (unpaired) electrons. The van der Waals surface area contributed by atoms with Crippen LogP contribution in [0, 0.1) is 6.92 Å². The number of halogens is 3. The van der Waals surface area contributed by atoms with Crippen molar-refractivity contribution in [3.8, 4) is 0 Å². The van der Waals surface area contributed by atoms with Crippen molar-refractivity contribution >= 4 is 50.7 Å². The van der Waals surface area contributed by atoms with Gasteiger partial charge in [0.25, 0.3) is 5.91 Å². The zero-order chi connectivity index (χ0) is 14.0. The Hall–Kier alpha value is -1.03. The van der Waals surface area contributed by atoms with Crippen molar-refractivity contribution in [3.05, 3.63) is 62.0 Å². The third kappa shape index (κ3) is 3.50. The number of carbonyl (C=O) groups excluding carboxylic acids is 1. The Labute approximate surface area is 129 Å². The zero-order valence-electron chi connectivity index (χ0n) is 10.0.